The van der Waals surface area contributed by atoms with Crippen LogP contribution in [0.3, 0.4) is 0 Å². The third kappa shape index (κ3) is 4.84. The van der Waals surface area contributed by atoms with Gasteiger partial charge in [-0.15, -0.1) is 0 Å². The van der Waals surface area contributed by atoms with Crippen LogP contribution in [0.4, 0.5) is 0 Å². The Morgan fingerprint density at radius 1 is 0.941 bits per heavy atom. The predicted molar refractivity (Wildman–Crippen MR) is 66.2 cm³/mol. The number of hydrogen-bond acceptors (Lipinski definition) is 2. The molecule has 0 aromatic heterocycles. The number of aryl methyl sites for hydroxylation is 1. The van der Waals surface area contributed by atoms with E-state index in [2.05, 4.69) is 19.1 Å². The Morgan fingerprint density at radius 2 is 1.47 bits per heavy atom. The summed E-state index contributed by atoms with van der Waals surface area (Å²) in [6.45, 7) is 2.08. The van der Waals surface area contributed by atoms with Crippen LogP contribution < -0.4 is 0 Å². The molecule has 0 amide bonds. The number of phenolic OH excluding ortho intramolecular Hbond substituents is 1. The van der Waals surface area contributed by atoms with Crippen LogP contribution in [-0.4, -0.2) is 16.2 Å². The van der Waals surface area contributed by atoms with E-state index in [-0.39, 0.29) is 11.3 Å². The number of benzene rings is 2. The maximum atomic E-state index is 10.2. The summed E-state index contributed by atoms with van der Waals surface area (Å²) in [5.74, 6) is -0.912. The SMILES string of the molecule is Cc1ccccc1.O=C(O)c1ccc(O)cc1. The molecule has 2 aromatic carbocycles. The van der Waals surface area contributed by atoms with Gasteiger partial charge in [-0.25, -0.2) is 4.79 Å². The Labute approximate surface area is 100.0 Å². The highest BCUT2D eigenvalue weighted by atomic mass is 16.4. The van der Waals surface area contributed by atoms with Crippen LogP contribution in [0.1, 0.15) is 15.9 Å². The van der Waals surface area contributed by atoms with Crippen molar-refractivity contribution >= 4 is 5.97 Å². The van der Waals surface area contributed by atoms with E-state index in [9.17, 15) is 4.79 Å². The molecule has 2 aromatic rings. The van der Waals surface area contributed by atoms with Crippen molar-refractivity contribution in [2.45, 2.75) is 6.92 Å². The fourth-order valence-electron chi connectivity index (χ4n) is 1.14. The van der Waals surface area contributed by atoms with Crippen molar-refractivity contribution in [3.63, 3.8) is 0 Å². The lowest BCUT2D eigenvalue weighted by Crippen LogP contribution is -1.93. The van der Waals surface area contributed by atoms with Gasteiger partial charge in [0, 0.05) is 0 Å². The maximum Gasteiger partial charge on any atom is 0.335 e. The molecule has 0 unspecified atom stereocenters. The molecular weight excluding hydrogens is 216 g/mol. The minimum atomic E-state index is -0.986. The van der Waals surface area contributed by atoms with Crippen molar-refractivity contribution in [1.82, 2.24) is 0 Å². The summed E-state index contributed by atoms with van der Waals surface area (Å²) in [5, 5.41) is 17.1. The summed E-state index contributed by atoms with van der Waals surface area (Å²) in [6, 6.07) is 15.6. The molecule has 3 nitrogen and oxygen atoms in total. The highest BCUT2D eigenvalue weighted by Gasteiger charge is 1.99. The third-order valence-electron chi connectivity index (χ3n) is 2.05. The first-order valence-corrected chi connectivity index (χ1v) is 5.13. The lowest BCUT2D eigenvalue weighted by molar-refractivity contribution is 0.0697. The van der Waals surface area contributed by atoms with Crippen molar-refractivity contribution in [2.75, 3.05) is 0 Å². The van der Waals surface area contributed by atoms with Crippen molar-refractivity contribution in [1.29, 1.82) is 0 Å². The number of hydrogen-bond donors (Lipinski definition) is 2. The standard InChI is InChI=1S/C7H6O3.C7H8/c8-6-3-1-5(2-4-6)7(9)10;1-7-5-3-2-4-6-7/h1-4,8H,(H,9,10);2-6H,1H3. The highest BCUT2D eigenvalue weighted by molar-refractivity contribution is 5.87. The molecule has 2 N–H and O–H groups in total. The van der Waals surface area contributed by atoms with Gasteiger partial charge in [0.15, 0.2) is 0 Å². The van der Waals surface area contributed by atoms with Crippen molar-refractivity contribution < 1.29 is 15.0 Å². The van der Waals surface area contributed by atoms with Crippen molar-refractivity contribution in [3.8, 4) is 5.75 Å². The number of aromatic carboxylic acids is 1. The number of phenols is 1. The summed E-state index contributed by atoms with van der Waals surface area (Å²) >= 11 is 0. The molecule has 0 saturated carbocycles. The molecule has 0 aliphatic heterocycles. The molecule has 88 valence electrons. The van der Waals surface area contributed by atoms with Crippen LogP contribution in [0.15, 0.2) is 54.6 Å². The molecular formula is C14H14O3. The molecule has 0 bridgehead atoms. The zero-order chi connectivity index (χ0) is 12.7. The molecule has 0 aliphatic carbocycles. The van der Waals surface area contributed by atoms with Gasteiger partial charge in [-0.2, -0.15) is 0 Å². The molecule has 2 rings (SSSR count). The average molecular weight is 230 g/mol. The second-order valence-corrected chi connectivity index (χ2v) is 3.51. The Morgan fingerprint density at radius 3 is 1.82 bits per heavy atom. The van der Waals surface area contributed by atoms with Gasteiger partial charge in [-0.05, 0) is 31.2 Å². The normalized spacial score (nSPS) is 9.00. The zero-order valence-corrected chi connectivity index (χ0v) is 9.50. The fraction of sp³-hybridized carbons (Fsp3) is 0.0714. The molecule has 3 heteroatoms. The summed E-state index contributed by atoms with van der Waals surface area (Å²) in [5.41, 5.74) is 1.50. The van der Waals surface area contributed by atoms with E-state index in [4.69, 9.17) is 10.2 Å². The lowest BCUT2D eigenvalue weighted by Gasteiger charge is -1.92. The highest BCUT2D eigenvalue weighted by Crippen LogP contribution is 2.08. The number of aromatic hydroxyl groups is 1. The molecule has 0 fully saturated rings. The van der Waals surface area contributed by atoms with Crippen LogP contribution in [0.5, 0.6) is 5.75 Å². The van der Waals surface area contributed by atoms with Crippen molar-refractivity contribution in [3.05, 3.63) is 65.7 Å². The predicted octanol–water partition coefficient (Wildman–Crippen LogP) is 3.09. The largest absolute Gasteiger partial charge is 0.508 e. The van der Waals surface area contributed by atoms with Gasteiger partial charge >= 0.3 is 5.97 Å². The Kier molecular flexibility index (Phi) is 4.76. The maximum absolute atomic E-state index is 10.2. The second kappa shape index (κ2) is 6.33. The molecule has 0 radical (unpaired) electrons. The van der Waals surface area contributed by atoms with Crippen LogP contribution in [0.2, 0.25) is 0 Å². The van der Waals surface area contributed by atoms with E-state index in [0.29, 0.717) is 0 Å². The van der Waals surface area contributed by atoms with Gasteiger partial charge in [0.25, 0.3) is 0 Å². The minimum Gasteiger partial charge on any atom is -0.508 e. The summed E-state index contributed by atoms with van der Waals surface area (Å²) < 4.78 is 0. The minimum absolute atomic E-state index is 0.0741. The van der Waals surface area contributed by atoms with Gasteiger partial charge < -0.3 is 10.2 Å². The third-order valence-corrected chi connectivity index (χ3v) is 2.05. The topological polar surface area (TPSA) is 57.5 Å². The summed E-state index contributed by atoms with van der Waals surface area (Å²) in [4.78, 5) is 10.2. The van der Waals surface area contributed by atoms with E-state index in [1.165, 1.54) is 29.8 Å². The molecule has 0 aliphatic rings. The number of rotatable bonds is 1. The molecule has 17 heavy (non-hydrogen) atoms. The Hall–Kier alpha value is -2.29. The van der Waals surface area contributed by atoms with E-state index < -0.39 is 5.97 Å². The first-order chi connectivity index (χ1) is 8.09. The second-order valence-electron chi connectivity index (χ2n) is 3.51. The quantitative estimate of drug-likeness (QED) is 0.791. The summed E-state index contributed by atoms with van der Waals surface area (Å²) in [6.07, 6.45) is 0. The van der Waals surface area contributed by atoms with E-state index in [0.717, 1.165) is 0 Å². The van der Waals surface area contributed by atoms with Crippen LogP contribution >= 0.6 is 0 Å². The molecule has 0 saturated heterocycles. The van der Waals surface area contributed by atoms with E-state index >= 15 is 0 Å². The van der Waals surface area contributed by atoms with Gasteiger partial charge in [0.1, 0.15) is 5.75 Å². The smallest absolute Gasteiger partial charge is 0.335 e. The molecule has 0 spiro atoms. The molecule has 0 heterocycles. The Balaban J connectivity index is 0.000000181. The van der Waals surface area contributed by atoms with Gasteiger partial charge in [-0.1, -0.05) is 35.9 Å². The lowest BCUT2D eigenvalue weighted by atomic mass is 10.2. The van der Waals surface area contributed by atoms with Crippen LogP contribution in [-0.2, 0) is 0 Å². The molecule has 0 atom stereocenters. The first-order valence-electron chi connectivity index (χ1n) is 5.13. The average Bonchev–Trinajstić information content (AvgIpc) is 2.31. The first kappa shape index (κ1) is 12.8. The summed E-state index contributed by atoms with van der Waals surface area (Å²) in [7, 11) is 0. The number of carboxylic acid groups (broad SMARTS) is 1. The fourth-order valence-corrected chi connectivity index (χ4v) is 1.14. The van der Waals surface area contributed by atoms with Crippen LogP contribution in [0, 0.1) is 6.92 Å². The number of carboxylic acids is 1. The monoisotopic (exact) mass is 230 g/mol. The number of carbonyl (C=O) groups is 1. The van der Waals surface area contributed by atoms with E-state index in [1.807, 2.05) is 18.2 Å². The van der Waals surface area contributed by atoms with Crippen LogP contribution in [0.25, 0.3) is 0 Å². The Bertz CT molecular complexity index is 461. The van der Waals surface area contributed by atoms with Gasteiger partial charge in [0.2, 0.25) is 0 Å². The van der Waals surface area contributed by atoms with Gasteiger partial charge in [0.05, 0.1) is 5.56 Å². The van der Waals surface area contributed by atoms with E-state index in [1.54, 1.807) is 0 Å². The zero-order valence-electron chi connectivity index (χ0n) is 9.50. The van der Waals surface area contributed by atoms with Gasteiger partial charge in [-0.3, -0.25) is 0 Å². The van der Waals surface area contributed by atoms with Crippen molar-refractivity contribution in [2.24, 2.45) is 0 Å².